The fourth-order valence-electron chi connectivity index (χ4n) is 1.47. The van der Waals surface area contributed by atoms with Crippen molar-refractivity contribution < 1.29 is 19.4 Å². The van der Waals surface area contributed by atoms with Crippen molar-refractivity contribution in [3.63, 3.8) is 0 Å². The molecule has 0 fully saturated rings. The van der Waals surface area contributed by atoms with Gasteiger partial charge in [-0.2, -0.15) is 0 Å². The zero-order chi connectivity index (χ0) is 10.1. The van der Waals surface area contributed by atoms with E-state index in [0.717, 1.165) is 5.56 Å². The Labute approximate surface area is 80.1 Å². The first-order valence-electron chi connectivity index (χ1n) is 4.20. The molecule has 2 rings (SSSR count). The Bertz CT molecular complexity index is 372. The zero-order valence-corrected chi connectivity index (χ0v) is 7.27. The molecule has 0 radical (unpaired) electrons. The molecule has 4 nitrogen and oxygen atoms in total. The van der Waals surface area contributed by atoms with E-state index in [-0.39, 0.29) is 0 Å². The first-order chi connectivity index (χ1) is 6.68. The summed E-state index contributed by atoms with van der Waals surface area (Å²) >= 11 is 0. The number of carboxylic acids is 1. The van der Waals surface area contributed by atoms with Crippen LogP contribution in [-0.4, -0.2) is 23.0 Å². The highest BCUT2D eigenvalue weighted by molar-refractivity contribution is 6.34. The number of benzene rings is 1. The van der Waals surface area contributed by atoms with Crippen LogP contribution in [0.4, 0.5) is 0 Å². The second-order valence-electron chi connectivity index (χ2n) is 3.09. The van der Waals surface area contributed by atoms with E-state index in [0.29, 0.717) is 12.2 Å². The molecular weight excluding hydrogens is 184 g/mol. The van der Waals surface area contributed by atoms with E-state index < -0.39 is 17.9 Å². The molecule has 0 bridgehead atoms. The molecule has 1 N–H and O–H groups in total. The zero-order valence-electron chi connectivity index (χ0n) is 7.27. The maximum absolute atomic E-state index is 11.1. The number of ether oxygens (including phenoxy) is 1. The van der Waals surface area contributed by atoms with Gasteiger partial charge < -0.3 is 9.84 Å². The van der Waals surface area contributed by atoms with E-state index >= 15 is 0 Å². The number of rotatable bonds is 2. The van der Waals surface area contributed by atoms with Crippen molar-refractivity contribution in [3.8, 4) is 5.75 Å². The number of fused-ring (bicyclic) bond motifs is 1. The number of carbonyl (C=O) groups is 2. The highest BCUT2D eigenvalue weighted by Gasteiger charge is 2.32. The van der Waals surface area contributed by atoms with Gasteiger partial charge in [0.2, 0.25) is 0 Å². The summed E-state index contributed by atoms with van der Waals surface area (Å²) in [6.45, 7) is 0. The summed E-state index contributed by atoms with van der Waals surface area (Å²) in [6.07, 6.45) is -0.508. The van der Waals surface area contributed by atoms with Gasteiger partial charge in [0.05, 0.1) is 0 Å². The highest BCUT2D eigenvalue weighted by Crippen LogP contribution is 2.28. The van der Waals surface area contributed by atoms with Crippen molar-refractivity contribution in [2.75, 3.05) is 0 Å². The fraction of sp³-hybridized carbons (Fsp3) is 0.200. The SMILES string of the molecule is O=C(O)C(=O)C1Cc2ccccc2O1. The van der Waals surface area contributed by atoms with Crippen molar-refractivity contribution in [1.82, 2.24) is 0 Å². The van der Waals surface area contributed by atoms with Gasteiger partial charge in [-0.25, -0.2) is 4.79 Å². The molecule has 0 aromatic heterocycles. The Balaban J connectivity index is 2.20. The molecular formula is C10H8O4. The lowest BCUT2D eigenvalue weighted by Crippen LogP contribution is -2.31. The first-order valence-corrected chi connectivity index (χ1v) is 4.20. The van der Waals surface area contributed by atoms with Crippen molar-refractivity contribution >= 4 is 11.8 Å². The average Bonchev–Trinajstić information content (AvgIpc) is 2.59. The molecule has 0 saturated heterocycles. The van der Waals surface area contributed by atoms with Crippen molar-refractivity contribution in [2.45, 2.75) is 12.5 Å². The monoisotopic (exact) mass is 192 g/mol. The maximum atomic E-state index is 11.1. The van der Waals surface area contributed by atoms with E-state index in [1.807, 2.05) is 12.1 Å². The summed E-state index contributed by atoms with van der Waals surface area (Å²) in [5.74, 6) is -1.73. The molecule has 1 heterocycles. The summed E-state index contributed by atoms with van der Waals surface area (Å²) < 4.78 is 5.20. The number of hydrogen-bond donors (Lipinski definition) is 1. The van der Waals surface area contributed by atoms with Crippen molar-refractivity contribution in [1.29, 1.82) is 0 Å². The van der Waals surface area contributed by atoms with Crippen LogP contribution in [0.2, 0.25) is 0 Å². The Morgan fingerprint density at radius 3 is 2.71 bits per heavy atom. The fourth-order valence-corrected chi connectivity index (χ4v) is 1.47. The molecule has 72 valence electrons. The topological polar surface area (TPSA) is 63.6 Å². The van der Waals surface area contributed by atoms with Gasteiger partial charge in [-0.3, -0.25) is 4.79 Å². The van der Waals surface area contributed by atoms with Gasteiger partial charge in [0.15, 0.2) is 6.10 Å². The van der Waals surface area contributed by atoms with Crippen molar-refractivity contribution in [2.24, 2.45) is 0 Å². The lowest BCUT2D eigenvalue weighted by atomic mass is 10.1. The van der Waals surface area contributed by atoms with Crippen molar-refractivity contribution in [3.05, 3.63) is 29.8 Å². The summed E-state index contributed by atoms with van der Waals surface area (Å²) in [5.41, 5.74) is 0.882. The molecule has 0 saturated carbocycles. The molecule has 0 spiro atoms. The van der Waals surface area contributed by atoms with Gasteiger partial charge in [-0.1, -0.05) is 18.2 Å². The highest BCUT2D eigenvalue weighted by atomic mass is 16.5. The van der Waals surface area contributed by atoms with Crippen LogP contribution in [0.15, 0.2) is 24.3 Å². The summed E-state index contributed by atoms with van der Waals surface area (Å²) in [7, 11) is 0. The third-order valence-electron chi connectivity index (χ3n) is 2.15. The minimum absolute atomic E-state index is 0.349. The van der Waals surface area contributed by atoms with Crippen LogP contribution in [0.25, 0.3) is 0 Å². The van der Waals surface area contributed by atoms with E-state index in [9.17, 15) is 9.59 Å². The third kappa shape index (κ3) is 1.35. The number of hydrogen-bond acceptors (Lipinski definition) is 3. The first kappa shape index (κ1) is 8.74. The molecule has 1 aliphatic rings. The molecule has 1 unspecified atom stereocenters. The number of aliphatic carboxylic acids is 1. The number of para-hydroxylation sites is 1. The quantitative estimate of drug-likeness (QED) is 0.698. The van der Waals surface area contributed by atoms with Gasteiger partial charge in [0.25, 0.3) is 5.78 Å². The predicted octanol–water partition coefficient (Wildman–Crippen LogP) is 0.644. The Morgan fingerprint density at radius 1 is 1.36 bits per heavy atom. The van der Waals surface area contributed by atoms with Gasteiger partial charge in [0, 0.05) is 6.42 Å². The lowest BCUT2D eigenvalue weighted by molar-refractivity contribution is -0.152. The van der Waals surface area contributed by atoms with Crippen LogP contribution >= 0.6 is 0 Å². The summed E-state index contributed by atoms with van der Waals surface area (Å²) in [5, 5.41) is 8.49. The van der Waals surface area contributed by atoms with E-state index in [1.54, 1.807) is 12.1 Å². The molecule has 0 amide bonds. The molecule has 1 aliphatic heterocycles. The summed E-state index contributed by atoms with van der Waals surface area (Å²) in [4.78, 5) is 21.5. The number of Topliss-reactive ketones (excluding diaryl/α,β-unsaturated/α-hetero) is 1. The van der Waals surface area contributed by atoms with Crippen LogP contribution in [-0.2, 0) is 16.0 Å². The predicted molar refractivity (Wildman–Crippen MR) is 47.2 cm³/mol. The normalized spacial score (nSPS) is 18.4. The second kappa shape index (κ2) is 3.14. The molecule has 4 heteroatoms. The second-order valence-corrected chi connectivity index (χ2v) is 3.09. The number of ketones is 1. The van der Waals surface area contributed by atoms with E-state index in [2.05, 4.69) is 0 Å². The molecule has 1 atom stereocenters. The third-order valence-corrected chi connectivity index (χ3v) is 2.15. The molecule has 0 aliphatic carbocycles. The minimum Gasteiger partial charge on any atom is -0.481 e. The average molecular weight is 192 g/mol. The lowest BCUT2D eigenvalue weighted by Gasteiger charge is -2.04. The van der Waals surface area contributed by atoms with Crippen LogP contribution in [0.3, 0.4) is 0 Å². The largest absolute Gasteiger partial charge is 0.481 e. The van der Waals surface area contributed by atoms with Gasteiger partial charge in [-0.05, 0) is 11.6 Å². The van der Waals surface area contributed by atoms with Gasteiger partial charge in [-0.15, -0.1) is 0 Å². The van der Waals surface area contributed by atoms with Gasteiger partial charge in [0.1, 0.15) is 5.75 Å². The maximum Gasteiger partial charge on any atom is 0.376 e. The smallest absolute Gasteiger partial charge is 0.376 e. The summed E-state index contributed by atoms with van der Waals surface area (Å²) in [6, 6.07) is 7.16. The van der Waals surface area contributed by atoms with E-state index in [4.69, 9.17) is 9.84 Å². The molecule has 14 heavy (non-hydrogen) atoms. The Kier molecular flexibility index (Phi) is 1.96. The number of carboxylic acid groups (broad SMARTS) is 1. The molecule has 1 aromatic carbocycles. The standard InChI is InChI=1S/C10H8O4/c11-9(10(12)13)8-5-6-3-1-2-4-7(6)14-8/h1-4,8H,5H2,(H,12,13). The van der Waals surface area contributed by atoms with E-state index in [1.165, 1.54) is 0 Å². The van der Waals surface area contributed by atoms with Gasteiger partial charge >= 0.3 is 5.97 Å². The molecule has 1 aromatic rings. The minimum atomic E-state index is -1.44. The van der Waals surface area contributed by atoms with Crippen LogP contribution < -0.4 is 4.74 Å². The van der Waals surface area contributed by atoms with Crippen LogP contribution in [0.5, 0.6) is 5.75 Å². The Morgan fingerprint density at radius 2 is 2.07 bits per heavy atom. The van der Waals surface area contributed by atoms with Crippen LogP contribution in [0, 0.1) is 0 Å². The number of carbonyl (C=O) groups excluding carboxylic acids is 1. The Hall–Kier alpha value is -1.84. The van der Waals surface area contributed by atoms with Crippen LogP contribution in [0.1, 0.15) is 5.56 Å².